The molecule has 190 valence electrons. The topological polar surface area (TPSA) is 77.0 Å². The Morgan fingerprint density at radius 2 is 1.64 bits per heavy atom. The number of benzene rings is 2. The summed E-state index contributed by atoms with van der Waals surface area (Å²) in [6, 6.07) is 13.4. The molecule has 8 heteroatoms. The van der Waals surface area contributed by atoms with E-state index in [1.807, 2.05) is 61.7 Å². The predicted octanol–water partition coefficient (Wildman–Crippen LogP) is 5.39. The Kier molecular flexibility index (Phi) is 8.25. The lowest BCUT2D eigenvalue weighted by Crippen LogP contribution is -2.19. The van der Waals surface area contributed by atoms with Crippen LogP contribution in [0.1, 0.15) is 48.5 Å². The van der Waals surface area contributed by atoms with Gasteiger partial charge in [-0.3, -0.25) is 0 Å². The largest absolute Gasteiger partial charge is 0.493 e. The lowest BCUT2D eigenvalue weighted by molar-refractivity contribution is 0.0526. The standard InChI is InChI=1S/C28H34N4O4/c1-5-35-27(33)21-10-12-22(13-11-21)32(19-20-17-29-28(30-18-20)31(2)3)23-14-15-25(34-4)26(16-23)36-24-8-6-7-9-24/h10-18,24H,5-9,19H2,1-4H3. The zero-order valence-electron chi connectivity index (χ0n) is 21.4. The van der Waals surface area contributed by atoms with E-state index in [2.05, 4.69) is 14.9 Å². The summed E-state index contributed by atoms with van der Waals surface area (Å²) in [5.74, 6) is 1.76. The van der Waals surface area contributed by atoms with Crippen LogP contribution >= 0.6 is 0 Å². The second-order valence-corrected chi connectivity index (χ2v) is 9.00. The molecule has 4 rings (SSSR count). The number of methoxy groups -OCH3 is 1. The number of anilines is 3. The van der Waals surface area contributed by atoms with Crippen molar-refractivity contribution in [2.45, 2.75) is 45.3 Å². The number of hydrogen-bond donors (Lipinski definition) is 0. The number of esters is 1. The first-order chi connectivity index (χ1) is 17.5. The first-order valence-corrected chi connectivity index (χ1v) is 12.4. The van der Waals surface area contributed by atoms with Gasteiger partial charge in [0.05, 0.1) is 31.9 Å². The van der Waals surface area contributed by atoms with Crippen molar-refractivity contribution in [1.29, 1.82) is 0 Å². The summed E-state index contributed by atoms with van der Waals surface area (Å²) in [5, 5.41) is 0. The molecule has 1 aromatic heterocycles. The minimum absolute atomic E-state index is 0.207. The third-order valence-electron chi connectivity index (χ3n) is 6.18. The third kappa shape index (κ3) is 6.05. The molecule has 0 spiro atoms. The number of carbonyl (C=O) groups excluding carboxylic acids is 1. The Labute approximate surface area is 212 Å². The molecule has 0 amide bonds. The number of aromatic nitrogens is 2. The summed E-state index contributed by atoms with van der Waals surface area (Å²) in [6.07, 6.45) is 8.37. The van der Waals surface area contributed by atoms with Crippen LogP contribution in [0.15, 0.2) is 54.9 Å². The Balaban J connectivity index is 1.68. The third-order valence-corrected chi connectivity index (χ3v) is 6.18. The number of rotatable bonds is 10. The zero-order chi connectivity index (χ0) is 25.5. The summed E-state index contributed by atoms with van der Waals surface area (Å²) in [5.41, 5.74) is 3.31. The quantitative estimate of drug-likeness (QED) is 0.350. The molecule has 3 aromatic rings. The maximum Gasteiger partial charge on any atom is 0.338 e. The first kappa shape index (κ1) is 25.3. The number of nitrogens with zero attached hydrogens (tertiary/aromatic N) is 4. The van der Waals surface area contributed by atoms with Crippen LogP contribution in [-0.4, -0.2) is 49.9 Å². The second kappa shape index (κ2) is 11.7. The van der Waals surface area contributed by atoms with Gasteiger partial charge in [-0.15, -0.1) is 0 Å². The number of carbonyl (C=O) groups is 1. The van der Waals surface area contributed by atoms with E-state index in [-0.39, 0.29) is 12.1 Å². The van der Waals surface area contributed by atoms with Gasteiger partial charge in [-0.25, -0.2) is 14.8 Å². The lowest BCUT2D eigenvalue weighted by Gasteiger charge is -2.27. The minimum atomic E-state index is -0.333. The molecular formula is C28H34N4O4. The van der Waals surface area contributed by atoms with Gasteiger partial charge in [0, 0.05) is 49.5 Å². The molecule has 0 radical (unpaired) electrons. The van der Waals surface area contributed by atoms with Crippen molar-refractivity contribution in [3.05, 3.63) is 66.0 Å². The molecule has 8 nitrogen and oxygen atoms in total. The second-order valence-electron chi connectivity index (χ2n) is 9.00. The summed E-state index contributed by atoms with van der Waals surface area (Å²) in [7, 11) is 5.48. The van der Waals surface area contributed by atoms with Crippen LogP contribution in [0, 0.1) is 0 Å². The molecule has 0 unspecified atom stereocenters. The Bertz CT molecular complexity index is 1140. The van der Waals surface area contributed by atoms with Gasteiger partial charge in [0.25, 0.3) is 0 Å². The van der Waals surface area contributed by atoms with Crippen molar-refractivity contribution in [3.8, 4) is 11.5 Å². The van der Waals surface area contributed by atoms with Crippen molar-refractivity contribution in [3.63, 3.8) is 0 Å². The lowest BCUT2D eigenvalue weighted by atomic mass is 10.1. The Hall–Kier alpha value is -3.81. The molecule has 0 aliphatic heterocycles. The van der Waals surface area contributed by atoms with Crippen LogP contribution in [0.4, 0.5) is 17.3 Å². The monoisotopic (exact) mass is 490 g/mol. The highest BCUT2D eigenvalue weighted by molar-refractivity contribution is 5.90. The van der Waals surface area contributed by atoms with E-state index in [0.29, 0.717) is 30.4 Å². The molecule has 1 aliphatic carbocycles. The average molecular weight is 491 g/mol. The van der Waals surface area contributed by atoms with Crippen molar-refractivity contribution < 1.29 is 19.0 Å². The summed E-state index contributed by atoms with van der Waals surface area (Å²) >= 11 is 0. The zero-order valence-corrected chi connectivity index (χ0v) is 21.4. The van der Waals surface area contributed by atoms with E-state index in [0.717, 1.165) is 35.5 Å². The minimum Gasteiger partial charge on any atom is -0.493 e. The van der Waals surface area contributed by atoms with Crippen LogP contribution < -0.4 is 19.3 Å². The number of hydrogen-bond acceptors (Lipinski definition) is 8. The smallest absolute Gasteiger partial charge is 0.338 e. The highest BCUT2D eigenvalue weighted by Crippen LogP contribution is 2.38. The average Bonchev–Trinajstić information content (AvgIpc) is 3.41. The van der Waals surface area contributed by atoms with E-state index in [4.69, 9.17) is 14.2 Å². The highest BCUT2D eigenvalue weighted by atomic mass is 16.5. The van der Waals surface area contributed by atoms with E-state index in [1.165, 1.54) is 12.8 Å². The van der Waals surface area contributed by atoms with Crippen LogP contribution in [-0.2, 0) is 11.3 Å². The van der Waals surface area contributed by atoms with Gasteiger partial charge in [0.2, 0.25) is 5.95 Å². The summed E-state index contributed by atoms with van der Waals surface area (Å²) in [4.78, 5) is 25.1. The van der Waals surface area contributed by atoms with Gasteiger partial charge in [0.1, 0.15) is 0 Å². The van der Waals surface area contributed by atoms with Crippen LogP contribution in [0.3, 0.4) is 0 Å². The van der Waals surface area contributed by atoms with Gasteiger partial charge in [0.15, 0.2) is 11.5 Å². The summed E-state index contributed by atoms with van der Waals surface area (Å²) in [6.45, 7) is 2.67. The van der Waals surface area contributed by atoms with Gasteiger partial charge in [-0.05, 0) is 69.0 Å². The molecule has 1 aliphatic rings. The fourth-order valence-electron chi connectivity index (χ4n) is 4.28. The van der Waals surface area contributed by atoms with Gasteiger partial charge in [-0.2, -0.15) is 0 Å². The van der Waals surface area contributed by atoms with Crippen molar-refractivity contribution in [1.82, 2.24) is 9.97 Å². The SMILES string of the molecule is CCOC(=O)c1ccc(N(Cc2cnc(N(C)C)nc2)c2ccc(OC)c(OC3CCCC3)c2)cc1. The molecule has 0 N–H and O–H groups in total. The molecule has 0 atom stereocenters. The van der Waals surface area contributed by atoms with Gasteiger partial charge >= 0.3 is 5.97 Å². The molecule has 2 aromatic carbocycles. The molecule has 1 heterocycles. The fourth-order valence-corrected chi connectivity index (χ4v) is 4.28. The maximum atomic E-state index is 12.2. The van der Waals surface area contributed by atoms with Crippen LogP contribution in [0.2, 0.25) is 0 Å². The van der Waals surface area contributed by atoms with Crippen LogP contribution in [0.25, 0.3) is 0 Å². The normalized spacial score (nSPS) is 13.3. The number of ether oxygens (including phenoxy) is 3. The fraction of sp³-hybridized carbons (Fsp3) is 0.393. The van der Waals surface area contributed by atoms with Crippen molar-refractivity contribution >= 4 is 23.3 Å². The van der Waals surface area contributed by atoms with Crippen LogP contribution in [0.5, 0.6) is 11.5 Å². The molecule has 36 heavy (non-hydrogen) atoms. The van der Waals surface area contributed by atoms with Crippen molar-refractivity contribution in [2.75, 3.05) is 37.6 Å². The molecule has 1 fully saturated rings. The Morgan fingerprint density at radius 3 is 2.25 bits per heavy atom. The molecule has 1 saturated carbocycles. The van der Waals surface area contributed by atoms with Crippen molar-refractivity contribution in [2.24, 2.45) is 0 Å². The predicted molar refractivity (Wildman–Crippen MR) is 140 cm³/mol. The summed E-state index contributed by atoms with van der Waals surface area (Å²) < 4.78 is 17.1. The van der Waals surface area contributed by atoms with Gasteiger partial charge < -0.3 is 24.0 Å². The first-order valence-electron chi connectivity index (χ1n) is 12.4. The molecular weight excluding hydrogens is 456 g/mol. The van der Waals surface area contributed by atoms with Gasteiger partial charge in [-0.1, -0.05) is 0 Å². The molecule has 0 saturated heterocycles. The van der Waals surface area contributed by atoms with E-state index in [1.54, 1.807) is 26.2 Å². The highest BCUT2D eigenvalue weighted by Gasteiger charge is 2.20. The maximum absolute atomic E-state index is 12.2. The Morgan fingerprint density at radius 1 is 0.972 bits per heavy atom. The van der Waals surface area contributed by atoms with E-state index < -0.39 is 0 Å². The van der Waals surface area contributed by atoms with E-state index in [9.17, 15) is 4.79 Å². The van der Waals surface area contributed by atoms with E-state index >= 15 is 0 Å². The molecule has 0 bridgehead atoms.